The average molecular weight is 831 g/mol. The molecule has 0 radical (unpaired) electrons. The molecule has 0 aromatic heterocycles. The highest BCUT2D eigenvalue weighted by Crippen LogP contribution is 2.50. The minimum Gasteiger partial charge on any atom is -0.472 e. The molecule has 7 aromatic rings. The Balaban J connectivity index is 1.02. The molecule has 2 N–H and O–H groups in total. The summed E-state index contributed by atoms with van der Waals surface area (Å²) in [7, 11) is 1.41. The number of esters is 1. The minimum atomic E-state index is -0.960. The van der Waals surface area contributed by atoms with Crippen LogP contribution < -0.4 is 15.4 Å². The van der Waals surface area contributed by atoms with Crippen molar-refractivity contribution in [2.45, 2.75) is 69.8 Å². The number of carbonyl (C=O) groups excluding carboxylic acids is 2. The van der Waals surface area contributed by atoms with Gasteiger partial charge in [0.2, 0.25) is 0 Å². The van der Waals surface area contributed by atoms with E-state index in [4.69, 9.17) is 9.47 Å². The van der Waals surface area contributed by atoms with Crippen LogP contribution >= 0.6 is 0 Å². The fourth-order valence-corrected chi connectivity index (χ4v) is 9.60. The number of amides is 1. The number of hydrogen-bond acceptors (Lipinski definition) is 5. The van der Waals surface area contributed by atoms with Crippen molar-refractivity contribution in [3.63, 3.8) is 0 Å². The Hall–Kier alpha value is -6.92. The van der Waals surface area contributed by atoms with Gasteiger partial charge in [0.05, 0.1) is 18.4 Å². The van der Waals surface area contributed by atoms with Crippen LogP contribution in [0.3, 0.4) is 0 Å². The molecule has 1 heterocycles. The van der Waals surface area contributed by atoms with E-state index in [0.717, 1.165) is 44.6 Å². The maximum atomic E-state index is 14.0. The van der Waals surface area contributed by atoms with Crippen LogP contribution in [0.4, 0.5) is 17.1 Å². The Labute approximate surface area is 371 Å². The lowest BCUT2D eigenvalue weighted by atomic mass is 9.77. The summed E-state index contributed by atoms with van der Waals surface area (Å²) >= 11 is 0. The highest BCUT2D eigenvalue weighted by Gasteiger charge is 2.40. The van der Waals surface area contributed by atoms with Gasteiger partial charge < -0.3 is 20.1 Å². The summed E-state index contributed by atoms with van der Waals surface area (Å²) in [5.74, 6) is 1.43. The second-order valence-electron chi connectivity index (χ2n) is 17.0. The van der Waals surface area contributed by atoms with E-state index in [1.54, 1.807) is 0 Å². The van der Waals surface area contributed by atoms with Gasteiger partial charge in [0, 0.05) is 44.4 Å². The Morgan fingerprint density at radius 1 is 0.683 bits per heavy atom. The van der Waals surface area contributed by atoms with Crippen molar-refractivity contribution < 1.29 is 19.1 Å². The van der Waals surface area contributed by atoms with E-state index in [-0.39, 0.29) is 5.91 Å². The Kier molecular flexibility index (Phi) is 12.2. The predicted molar refractivity (Wildman–Crippen MR) is 257 cm³/mol. The van der Waals surface area contributed by atoms with Crippen molar-refractivity contribution in [1.82, 2.24) is 0 Å². The van der Waals surface area contributed by atoms with Gasteiger partial charge in [-0.1, -0.05) is 142 Å². The van der Waals surface area contributed by atoms with Gasteiger partial charge in [0.15, 0.2) is 5.60 Å². The van der Waals surface area contributed by atoms with Crippen molar-refractivity contribution in [3.05, 3.63) is 197 Å². The molecule has 316 valence electrons. The normalized spacial score (nSPS) is 16.4. The van der Waals surface area contributed by atoms with Gasteiger partial charge in [-0.3, -0.25) is 4.79 Å². The third kappa shape index (κ3) is 8.63. The summed E-state index contributed by atoms with van der Waals surface area (Å²) in [5, 5.41) is 8.32. The van der Waals surface area contributed by atoms with Crippen LogP contribution in [-0.4, -0.2) is 19.0 Å². The molecule has 1 saturated carbocycles. The predicted octanol–water partition coefficient (Wildman–Crippen LogP) is 14.5. The molecule has 7 aromatic carbocycles. The zero-order valence-corrected chi connectivity index (χ0v) is 36.1. The van der Waals surface area contributed by atoms with Gasteiger partial charge >= 0.3 is 5.97 Å². The summed E-state index contributed by atoms with van der Waals surface area (Å²) in [6.45, 7) is 2.27. The average Bonchev–Trinajstić information content (AvgIpc) is 3.35. The first kappa shape index (κ1) is 41.4. The molecule has 1 aliphatic heterocycles. The second-order valence-corrected chi connectivity index (χ2v) is 17.0. The molecule has 0 atom stereocenters. The number of ether oxygens (including phenoxy) is 2. The van der Waals surface area contributed by atoms with Gasteiger partial charge in [-0.25, -0.2) is 4.79 Å². The molecule has 6 nitrogen and oxygen atoms in total. The molecule has 1 aliphatic carbocycles. The van der Waals surface area contributed by atoms with Crippen molar-refractivity contribution >= 4 is 45.8 Å². The van der Waals surface area contributed by atoms with E-state index in [1.807, 2.05) is 115 Å². The summed E-state index contributed by atoms with van der Waals surface area (Å²) < 4.78 is 12.8. The van der Waals surface area contributed by atoms with Gasteiger partial charge in [-0.2, -0.15) is 0 Å². The largest absolute Gasteiger partial charge is 0.472 e. The number of anilines is 3. The summed E-state index contributed by atoms with van der Waals surface area (Å²) in [6, 6.07) is 52.5. The lowest BCUT2D eigenvalue weighted by molar-refractivity contribution is 0.0600. The van der Waals surface area contributed by atoms with Crippen LogP contribution in [0.25, 0.3) is 28.0 Å². The number of hydrogen-bond donors (Lipinski definition) is 2. The number of carbonyl (C=O) groups is 2. The molecule has 0 saturated heterocycles. The first-order valence-electron chi connectivity index (χ1n) is 22.5. The molecule has 0 bridgehead atoms. The van der Waals surface area contributed by atoms with Crippen LogP contribution in [0.15, 0.2) is 164 Å². The fraction of sp³-hybridized carbons (Fsp3) is 0.228. The van der Waals surface area contributed by atoms with Crippen LogP contribution in [0.5, 0.6) is 5.75 Å². The summed E-state index contributed by atoms with van der Waals surface area (Å²) in [4.78, 5) is 27.4. The van der Waals surface area contributed by atoms with Crippen molar-refractivity contribution in [1.29, 1.82) is 0 Å². The van der Waals surface area contributed by atoms with E-state index in [0.29, 0.717) is 39.7 Å². The fourth-order valence-electron chi connectivity index (χ4n) is 9.60. The van der Waals surface area contributed by atoms with Crippen LogP contribution in [0.2, 0.25) is 0 Å². The van der Waals surface area contributed by atoms with Crippen LogP contribution in [0, 0.1) is 5.92 Å². The lowest BCUT2D eigenvalue weighted by Crippen LogP contribution is -2.34. The topological polar surface area (TPSA) is 76.7 Å². The molecule has 0 unspecified atom stereocenters. The molecule has 2 aliphatic rings. The number of fused-ring (bicyclic) bond motifs is 3. The van der Waals surface area contributed by atoms with Gasteiger partial charge in [0.1, 0.15) is 5.75 Å². The third-order valence-electron chi connectivity index (χ3n) is 13.1. The SMILES string of the molecule is CCCCCC1CCC(c2ccc(C(=O)Nc3ccc(-c4ccc5c6c(c(C(=O)OC)c(Nc7ccccc7)c5c4)C=CC(c4ccccc4)(c4ccccc4)O6)cc3)cc2)CC1. The number of para-hydroxylation sites is 1. The zero-order chi connectivity index (χ0) is 43.2. The standard InChI is InChI=1S/C57H54N2O4/c1-3-4-8-15-39-22-24-40(25-23-39)41-26-28-43(29-27-41)55(60)59-48-33-30-42(31-34-48)44-32-35-49-51(38-44)53(58-47-20-13-7-14-21-47)52(56(61)62-2)50-36-37-57(63-54(49)50,45-16-9-5-10-17-45)46-18-11-6-12-19-46/h5-7,9-14,16-21,26-40,58H,3-4,8,15,22-25H2,1-2H3,(H,59,60). The number of methoxy groups -OCH3 is 1. The maximum absolute atomic E-state index is 14.0. The number of unbranched alkanes of at least 4 members (excludes halogenated alkanes) is 2. The van der Waals surface area contributed by atoms with Crippen LogP contribution in [-0.2, 0) is 10.3 Å². The number of nitrogens with one attached hydrogen (secondary N) is 2. The van der Waals surface area contributed by atoms with Crippen LogP contribution in [0.1, 0.15) is 107 Å². The molecular weight excluding hydrogens is 777 g/mol. The number of benzene rings is 7. The van der Waals surface area contributed by atoms with Crippen molar-refractivity contribution in [3.8, 4) is 16.9 Å². The Bertz CT molecular complexity index is 2680. The van der Waals surface area contributed by atoms with E-state index in [2.05, 4.69) is 72.2 Å². The summed E-state index contributed by atoms with van der Waals surface area (Å²) in [5.41, 5.74) is 8.01. The molecule has 9 rings (SSSR count). The molecule has 0 spiro atoms. The minimum absolute atomic E-state index is 0.132. The number of rotatable bonds is 13. The zero-order valence-electron chi connectivity index (χ0n) is 36.1. The second kappa shape index (κ2) is 18.6. The van der Waals surface area contributed by atoms with E-state index in [1.165, 1.54) is 64.0 Å². The Morgan fingerprint density at radius 2 is 1.32 bits per heavy atom. The Morgan fingerprint density at radius 3 is 1.95 bits per heavy atom. The first-order chi connectivity index (χ1) is 30.9. The smallest absolute Gasteiger partial charge is 0.340 e. The van der Waals surface area contributed by atoms with Crippen molar-refractivity contribution in [2.75, 3.05) is 17.7 Å². The molecule has 1 fully saturated rings. The highest BCUT2D eigenvalue weighted by molar-refractivity contribution is 6.14. The van der Waals surface area contributed by atoms with Gasteiger partial charge in [0.25, 0.3) is 5.91 Å². The van der Waals surface area contributed by atoms with Gasteiger partial charge in [-0.05, 0) is 115 Å². The third-order valence-corrected chi connectivity index (χ3v) is 13.1. The quantitative estimate of drug-likeness (QED) is 0.0894. The highest BCUT2D eigenvalue weighted by atomic mass is 16.5. The molecule has 6 heteroatoms. The molecule has 1 amide bonds. The first-order valence-corrected chi connectivity index (χ1v) is 22.5. The van der Waals surface area contributed by atoms with Gasteiger partial charge in [-0.15, -0.1) is 0 Å². The molecular formula is C57H54N2O4. The van der Waals surface area contributed by atoms with Crippen molar-refractivity contribution in [2.24, 2.45) is 5.92 Å². The van der Waals surface area contributed by atoms with E-state index < -0.39 is 11.6 Å². The summed E-state index contributed by atoms with van der Waals surface area (Å²) in [6.07, 6.45) is 14.5. The van der Waals surface area contributed by atoms with E-state index in [9.17, 15) is 9.59 Å². The maximum Gasteiger partial charge on any atom is 0.340 e. The van der Waals surface area contributed by atoms with E-state index >= 15 is 0 Å². The monoisotopic (exact) mass is 830 g/mol. The lowest BCUT2D eigenvalue weighted by Gasteiger charge is -2.37. The molecule has 63 heavy (non-hydrogen) atoms.